The van der Waals surface area contributed by atoms with Gasteiger partial charge in [0, 0.05) is 21.2 Å². The molecule has 3 aromatic rings. The van der Waals surface area contributed by atoms with Crippen molar-refractivity contribution in [3.63, 3.8) is 0 Å². The highest BCUT2D eigenvalue weighted by atomic mass is 35.5. The lowest BCUT2D eigenvalue weighted by atomic mass is 10.1. The van der Waals surface area contributed by atoms with E-state index in [0.29, 0.717) is 15.8 Å². The van der Waals surface area contributed by atoms with Crippen molar-refractivity contribution in [3.8, 4) is 11.3 Å². The molecular weight excluding hydrogens is 356 g/mol. The monoisotopic (exact) mass is 372 g/mol. The lowest BCUT2D eigenvalue weighted by Gasteiger charge is -2.04. The van der Waals surface area contributed by atoms with E-state index in [0.717, 1.165) is 27.3 Å². The normalized spacial score (nSPS) is 10.7. The molecule has 2 aromatic carbocycles. The van der Waals surface area contributed by atoms with Crippen LogP contribution in [0.1, 0.15) is 16.0 Å². The summed E-state index contributed by atoms with van der Waals surface area (Å²) in [5.74, 6) is -0.873. The number of halogens is 1. The summed E-state index contributed by atoms with van der Waals surface area (Å²) < 4.78 is 0. The Kier molecular flexibility index (Phi) is 5.06. The molecule has 0 saturated heterocycles. The van der Waals surface area contributed by atoms with Gasteiger partial charge in [-0.05, 0) is 31.5 Å². The van der Waals surface area contributed by atoms with E-state index in [1.165, 1.54) is 11.3 Å². The van der Waals surface area contributed by atoms with Gasteiger partial charge in [-0.1, -0.05) is 47.5 Å². The van der Waals surface area contributed by atoms with E-state index >= 15 is 0 Å². The maximum Gasteiger partial charge on any atom is 0.308 e. The molecule has 1 aromatic heterocycles. The Balaban J connectivity index is 1.96. The number of carboxylic acids is 1. The quantitative estimate of drug-likeness (QED) is 0.625. The van der Waals surface area contributed by atoms with E-state index in [4.69, 9.17) is 11.6 Å². The fraction of sp³-hybridized carbons (Fsp3) is 0.158. The Labute approximate surface area is 155 Å². The predicted molar refractivity (Wildman–Crippen MR) is 103 cm³/mol. The number of benzene rings is 2. The number of carboxylic acid groups (broad SMARTS) is 1. The molecule has 0 unspecified atom stereocenters. The molecule has 3 rings (SSSR count). The van der Waals surface area contributed by atoms with Crippen LogP contribution in [-0.4, -0.2) is 16.1 Å². The standard InChI is InChI=1S/C19H17ClN2O2S/c1-11-3-6-13(7-4-11)18-16(10-17(23)24)25-19(22-18)21-14-8-5-12(2)15(20)9-14/h3-9H,10H2,1-2H3,(H,21,22)(H,23,24). The van der Waals surface area contributed by atoms with Crippen LogP contribution in [0, 0.1) is 13.8 Å². The third kappa shape index (κ3) is 4.18. The first kappa shape index (κ1) is 17.5. The SMILES string of the molecule is Cc1ccc(-c2nc(Nc3ccc(C)c(Cl)c3)sc2CC(=O)O)cc1. The summed E-state index contributed by atoms with van der Waals surface area (Å²) in [5, 5.41) is 13.7. The molecule has 25 heavy (non-hydrogen) atoms. The van der Waals surface area contributed by atoms with E-state index in [-0.39, 0.29) is 6.42 Å². The molecule has 0 aliphatic heterocycles. The van der Waals surface area contributed by atoms with Crippen molar-refractivity contribution in [2.24, 2.45) is 0 Å². The third-order valence-electron chi connectivity index (χ3n) is 3.76. The molecule has 0 radical (unpaired) electrons. The average Bonchev–Trinajstić information content (AvgIpc) is 2.93. The lowest BCUT2D eigenvalue weighted by molar-refractivity contribution is -0.136. The number of hydrogen-bond donors (Lipinski definition) is 2. The first-order valence-corrected chi connectivity index (χ1v) is 8.93. The topological polar surface area (TPSA) is 62.2 Å². The van der Waals surface area contributed by atoms with Crippen LogP contribution in [0.4, 0.5) is 10.8 Å². The zero-order valence-corrected chi connectivity index (χ0v) is 15.4. The molecule has 0 fully saturated rings. The lowest BCUT2D eigenvalue weighted by Crippen LogP contribution is -1.99. The van der Waals surface area contributed by atoms with E-state index in [9.17, 15) is 9.90 Å². The number of nitrogens with zero attached hydrogens (tertiary/aromatic N) is 1. The first-order chi connectivity index (χ1) is 11.9. The summed E-state index contributed by atoms with van der Waals surface area (Å²) in [6, 6.07) is 13.6. The van der Waals surface area contributed by atoms with Gasteiger partial charge in [0.2, 0.25) is 0 Å². The Morgan fingerprint density at radius 3 is 2.56 bits per heavy atom. The minimum Gasteiger partial charge on any atom is -0.481 e. The molecule has 2 N–H and O–H groups in total. The summed E-state index contributed by atoms with van der Waals surface area (Å²) in [7, 11) is 0. The van der Waals surface area contributed by atoms with Crippen LogP contribution in [-0.2, 0) is 11.2 Å². The second-order valence-corrected chi connectivity index (χ2v) is 7.31. The number of anilines is 2. The zero-order chi connectivity index (χ0) is 18.0. The van der Waals surface area contributed by atoms with Gasteiger partial charge in [0.15, 0.2) is 5.13 Å². The van der Waals surface area contributed by atoms with E-state index in [2.05, 4.69) is 10.3 Å². The first-order valence-electron chi connectivity index (χ1n) is 7.74. The summed E-state index contributed by atoms with van der Waals surface area (Å²) in [6.07, 6.45) is -0.0583. The number of aryl methyl sites for hydroxylation is 2. The van der Waals surface area contributed by atoms with E-state index < -0.39 is 5.97 Å². The number of nitrogens with one attached hydrogen (secondary N) is 1. The van der Waals surface area contributed by atoms with Gasteiger partial charge in [0.1, 0.15) is 0 Å². The number of thiazole rings is 1. The Morgan fingerprint density at radius 2 is 1.92 bits per heavy atom. The minimum atomic E-state index is -0.873. The molecule has 0 aliphatic rings. The smallest absolute Gasteiger partial charge is 0.308 e. The van der Waals surface area contributed by atoms with Crippen LogP contribution in [0.5, 0.6) is 0 Å². The van der Waals surface area contributed by atoms with Crippen molar-refractivity contribution in [2.75, 3.05) is 5.32 Å². The molecule has 0 atom stereocenters. The molecule has 0 aliphatic carbocycles. The van der Waals surface area contributed by atoms with Crippen LogP contribution >= 0.6 is 22.9 Å². The number of hydrogen-bond acceptors (Lipinski definition) is 4. The fourth-order valence-electron chi connectivity index (χ4n) is 2.39. The minimum absolute atomic E-state index is 0.0583. The van der Waals surface area contributed by atoms with Crippen molar-refractivity contribution < 1.29 is 9.90 Å². The Morgan fingerprint density at radius 1 is 1.20 bits per heavy atom. The summed E-state index contributed by atoms with van der Waals surface area (Å²) in [4.78, 5) is 16.5. The van der Waals surface area contributed by atoms with E-state index in [1.54, 1.807) is 0 Å². The Hall–Kier alpha value is -2.37. The molecule has 6 heteroatoms. The summed E-state index contributed by atoms with van der Waals surface area (Å²) >= 11 is 7.51. The van der Waals surface area contributed by atoms with Gasteiger partial charge in [-0.3, -0.25) is 4.79 Å². The maximum absolute atomic E-state index is 11.2. The maximum atomic E-state index is 11.2. The highest BCUT2D eigenvalue weighted by Gasteiger charge is 2.16. The van der Waals surface area contributed by atoms with Crippen molar-refractivity contribution in [1.29, 1.82) is 0 Å². The van der Waals surface area contributed by atoms with Crippen molar-refractivity contribution in [3.05, 3.63) is 63.5 Å². The number of rotatable bonds is 5. The van der Waals surface area contributed by atoms with Crippen molar-refractivity contribution >= 4 is 39.7 Å². The predicted octanol–water partition coefficient (Wildman–Crippen LogP) is 5.45. The van der Waals surface area contributed by atoms with Gasteiger partial charge >= 0.3 is 5.97 Å². The number of aromatic nitrogens is 1. The van der Waals surface area contributed by atoms with Gasteiger partial charge in [-0.2, -0.15) is 0 Å². The largest absolute Gasteiger partial charge is 0.481 e. The van der Waals surface area contributed by atoms with Crippen LogP contribution in [0.2, 0.25) is 5.02 Å². The number of aliphatic carboxylic acids is 1. The van der Waals surface area contributed by atoms with Gasteiger partial charge in [-0.25, -0.2) is 4.98 Å². The zero-order valence-electron chi connectivity index (χ0n) is 13.8. The average molecular weight is 373 g/mol. The Bertz CT molecular complexity index is 920. The third-order valence-corrected chi connectivity index (χ3v) is 5.14. The van der Waals surface area contributed by atoms with Crippen LogP contribution in [0.3, 0.4) is 0 Å². The van der Waals surface area contributed by atoms with Gasteiger partial charge in [-0.15, -0.1) is 11.3 Å². The molecular formula is C19H17ClN2O2S. The highest BCUT2D eigenvalue weighted by Crippen LogP contribution is 2.34. The highest BCUT2D eigenvalue weighted by molar-refractivity contribution is 7.16. The molecule has 0 saturated carbocycles. The molecule has 0 spiro atoms. The van der Waals surface area contributed by atoms with Crippen LogP contribution in [0.15, 0.2) is 42.5 Å². The van der Waals surface area contributed by atoms with Gasteiger partial charge in [0.25, 0.3) is 0 Å². The molecule has 4 nitrogen and oxygen atoms in total. The molecule has 1 heterocycles. The molecule has 0 bridgehead atoms. The number of carbonyl (C=O) groups is 1. The van der Waals surface area contributed by atoms with Crippen LogP contribution < -0.4 is 5.32 Å². The van der Waals surface area contributed by atoms with E-state index in [1.807, 2.05) is 56.3 Å². The van der Waals surface area contributed by atoms with Crippen molar-refractivity contribution in [1.82, 2.24) is 4.98 Å². The molecule has 128 valence electrons. The summed E-state index contributed by atoms with van der Waals surface area (Å²) in [6.45, 7) is 3.95. The summed E-state index contributed by atoms with van der Waals surface area (Å²) in [5.41, 5.74) is 4.58. The second-order valence-electron chi connectivity index (χ2n) is 5.82. The van der Waals surface area contributed by atoms with Gasteiger partial charge in [0.05, 0.1) is 12.1 Å². The van der Waals surface area contributed by atoms with Crippen LogP contribution in [0.25, 0.3) is 11.3 Å². The fourth-order valence-corrected chi connectivity index (χ4v) is 3.57. The van der Waals surface area contributed by atoms with Crippen molar-refractivity contribution in [2.45, 2.75) is 20.3 Å². The second kappa shape index (κ2) is 7.25. The molecule has 0 amide bonds. The van der Waals surface area contributed by atoms with Gasteiger partial charge < -0.3 is 10.4 Å².